The first-order valence-electron chi connectivity index (χ1n) is 18.8. The molecule has 2 fully saturated rings. The van der Waals surface area contributed by atoms with Crippen molar-refractivity contribution in [1.29, 1.82) is 0 Å². The van der Waals surface area contributed by atoms with E-state index in [4.69, 9.17) is 28.3 Å². The molecule has 15 nitrogen and oxygen atoms in total. The van der Waals surface area contributed by atoms with Crippen molar-refractivity contribution in [3.63, 3.8) is 0 Å². The quantitative estimate of drug-likeness (QED) is 0.151. The van der Waals surface area contributed by atoms with Crippen molar-refractivity contribution in [2.24, 2.45) is 0 Å². The fourth-order valence-corrected chi connectivity index (χ4v) is 6.30. The normalized spacial score (nSPS) is 13.3. The van der Waals surface area contributed by atoms with Crippen LogP contribution in [-0.4, -0.2) is 91.3 Å². The molecule has 324 valence electrons. The monoisotopic (exact) mass is 910 g/mol. The highest BCUT2D eigenvalue weighted by Gasteiger charge is 2.31. The molecule has 2 aliphatic rings. The summed E-state index contributed by atoms with van der Waals surface area (Å²) in [5.74, 6) is -2.74. The first kappa shape index (κ1) is 46.8. The number of benzene rings is 2. The fraction of sp³-hybridized carbons (Fsp3) is 0.238. The molecular weight excluding hydrogens is 873 g/mol. The smallest absolute Gasteiger partial charge is 0.323 e. The molecule has 2 saturated heterocycles. The number of likely N-dealkylation sites (tertiary alicyclic amines) is 1. The van der Waals surface area contributed by atoms with E-state index >= 15 is 0 Å². The molecule has 0 radical (unpaired) electrons. The van der Waals surface area contributed by atoms with Crippen LogP contribution in [0, 0.1) is 0 Å². The highest BCUT2D eigenvalue weighted by atomic mass is 35.5. The number of nitrogens with one attached hydrogen (secondary N) is 3. The molecule has 4 aromatic heterocycles. The molecular formula is C42H39Cl3F2N8O7. The Morgan fingerprint density at radius 1 is 0.694 bits per heavy atom. The maximum Gasteiger partial charge on any atom is 0.323 e. The SMILES string of the molecule is Cl.FC1CNC1.O=C(NCc1ccc(Cl)cc1)c1cc2cccnc2n(CC(=O)N2CC(F)C2)c1=O.O=C(O)Cn1c(=O)c(C(=O)NCc2ccc(Cl)cc2)cc2cccnc21. The Morgan fingerprint density at radius 3 is 1.48 bits per heavy atom. The van der Waals surface area contributed by atoms with Gasteiger partial charge in [-0.1, -0.05) is 47.5 Å². The molecule has 0 unspecified atom stereocenters. The lowest BCUT2D eigenvalue weighted by atomic mass is 10.1. The van der Waals surface area contributed by atoms with Crippen LogP contribution in [0.1, 0.15) is 31.8 Å². The summed E-state index contributed by atoms with van der Waals surface area (Å²) in [6.45, 7) is 0.701. The number of rotatable bonds is 10. The Morgan fingerprint density at radius 2 is 1.11 bits per heavy atom. The van der Waals surface area contributed by atoms with Crippen LogP contribution in [-0.2, 0) is 35.8 Å². The number of carbonyl (C=O) groups is 4. The Bertz CT molecular complexity index is 2690. The van der Waals surface area contributed by atoms with Crippen molar-refractivity contribution >= 4 is 81.4 Å². The van der Waals surface area contributed by atoms with Gasteiger partial charge < -0.3 is 26.0 Å². The zero-order valence-electron chi connectivity index (χ0n) is 32.6. The van der Waals surface area contributed by atoms with E-state index in [1.165, 1.54) is 34.0 Å². The van der Waals surface area contributed by atoms with Crippen molar-refractivity contribution in [2.45, 2.75) is 38.5 Å². The number of halogens is 5. The van der Waals surface area contributed by atoms with Crippen LogP contribution in [0.5, 0.6) is 0 Å². The van der Waals surface area contributed by atoms with E-state index in [1.807, 2.05) is 0 Å². The predicted molar refractivity (Wildman–Crippen MR) is 231 cm³/mol. The van der Waals surface area contributed by atoms with E-state index in [0.717, 1.165) is 15.7 Å². The molecule has 3 amide bonds. The number of carboxylic acid groups (broad SMARTS) is 1. The van der Waals surface area contributed by atoms with Crippen molar-refractivity contribution in [3.05, 3.63) is 150 Å². The number of aromatic nitrogens is 4. The van der Waals surface area contributed by atoms with Gasteiger partial charge in [0.05, 0.1) is 13.1 Å². The van der Waals surface area contributed by atoms with Gasteiger partial charge in [0, 0.05) is 59.4 Å². The van der Waals surface area contributed by atoms with E-state index in [2.05, 4.69) is 25.9 Å². The molecule has 0 aliphatic carbocycles. The number of nitrogens with zero attached hydrogens (tertiary/aromatic N) is 5. The van der Waals surface area contributed by atoms with Crippen LogP contribution >= 0.6 is 35.6 Å². The second-order valence-corrected chi connectivity index (χ2v) is 14.8. The average molecular weight is 912 g/mol. The Kier molecular flexibility index (Phi) is 16.2. The van der Waals surface area contributed by atoms with Crippen molar-refractivity contribution in [1.82, 2.24) is 40.0 Å². The summed E-state index contributed by atoms with van der Waals surface area (Å²) in [6, 6.07) is 23.5. The van der Waals surface area contributed by atoms with E-state index in [-0.39, 0.29) is 61.9 Å². The Labute approximate surface area is 368 Å². The Balaban J connectivity index is 0.000000209. The number of hydrogen-bond donors (Lipinski definition) is 4. The highest BCUT2D eigenvalue weighted by molar-refractivity contribution is 6.30. The molecule has 6 heterocycles. The number of carbonyl (C=O) groups excluding carboxylic acids is 3. The summed E-state index contributed by atoms with van der Waals surface area (Å²) in [6.07, 6.45) is 1.38. The third kappa shape index (κ3) is 12.0. The van der Waals surface area contributed by atoms with Gasteiger partial charge in [-0.2, -0.15) is 0 Å². The standard InChI is InChI=1S/C21H18ClFN4O3.C18H14ClN3O4.C3H6FN.ClH/c22-15-5-3-13(4-6-15)9-25-20(29)17-8-14-2-1-7-24-19(14)27(21(17)30)12-18(28)26-10-16(23)11-26;19-13-5-3-11(4-6-13)9-21-17(25)14-8-12-2-1-7-20-16(12)22(18(14)26)10-15(23)24;4-3-1-5-2-3;/h1-8,16H,9-12H2,(H,25,29);1-8H,9-10H2,(H,21,25)(H,23,24);3,5H,1-2H2;1H. The van der Waals surface area contributed by atoms with Gasteiger partial charge in [0.2, 0.25) is 5.91 Å². The van der Waals surface area contributed by atoms with Gasteiger partial charge in [0.1, 0.15) is 47.9 Å². The molecule has 6 aromatic rings. The summed E-state index contributed by atoms with van der Waals surface area (Å²) in [5.41, 5.74) is 0.592. The molecule has 2 aromatic carbocycles. The average Bonchev–Trinajstić information content (AvgIpc) is 3.23. The molecule has 0 bridgehead atoms. The first-order chi connectivity index (χ1) is 29.3. The zero-order valence-corrected chi connectivity index (χ0v) is 34.9. The van der Waals surface area contributed by atoms with Crippen molar-refractivity contribution in [3.8, 4) is 0 Å². The summed E-state index contributed by atoms with van der Waals surface area (Å²) in [5, 5.41) is 19.4. The number of fused-ring (bicyclic) bond motifs is 2. The first-order valence-corrected chi connectivity index (χ1v) is 19.5. The fourth-order valence-electron chi connectivity index (χ4n) is 6.04. The van der Waals surface area contributed by atoms with Gasteiger partial charge in [-0.15, -0.1) is 12.4 Å². The minimum absolute atomic E-state index is 0. The van der Waals surface area contributed by atoms with Gasteiger partial charge in [0.15, 0.2) is 0 Å². The maximum atomic E-state index is 13.1. The summed E-state index contributed by atoms with van der Waals surface area (Å²) in [7, 11) is 0. The van der Waals surface area contributed by atoms with Crippen molar-refractivity contribution < 1.29 is 33.1 Å². The van der Waals surface area contributed by atoms with Crippen LogP contribution < -0.4 is 27.1 Å². The van der Waals surface area contributed by atoms with Gasteiger partial charge >= 0.3 is 5.97 Å². The van der Waals surface area contributed by atoms with E-state index < -0.39 is 53.7 Å². The van der Waals surface area contributed by atoms with E-state index in [0.29, 0.717) is 39.6 Å². The molecule has 0 saturated carbocycles. The minimum atomic E-state index is -1.20. The lowest BCUT2D eigenvalue weighted by Crippen LogP contribution is -2.53. The zero-order chi connectivity index (χ0) is 43.6. The highest BCUT2D eigenvalue weighted by Crippen LogP contribution is 2.16. The van der Waals surface area contributed by atoms with E-state index in [9.17, 15) is 37.5 Å². The molecule has 8 rings (SSSR count). The number of pyridine rings is 4. The lowest BCUT2D eigenvalue weighted by molar-refractivity contribution is -0.139. The maximum absolute atomic E-state index is 13.1. The molecule has 20 heteroatoms. The van der Waals surface area contributed by atoms with E-state index in [1.54, 1.807) is 72.8 Å². The number of hydrogen-bond acceptors (Lipinski definition) is 9. The van der Waals surface area contributed by atoms with Gasteiger partial charge in [-0.05, 0) is 71.8 Å². The molecule has 0 spiro atoms. The minimum Gasteiger partial charge on any atom is -0.480 e. The van der Waals surface area contributed by atoms with Crippen LogP contribution in [0.2, 0.25) is 10.0 Å². The van der Waals surface area contributed by atoms with Crippen LogP contribution in [0.15, 0.2) is 107 Å². The molecule has 2 aliphatic heterocycles. The molecule has 0 atom stereocenters. The van der Waals surface area contributed by atoms with Gasteiger partial charge in [0.25, 0.3) is 22.9 Å². The Hall–Kier alpha value is -6.27. The van der Waals surface area contributed by atoms with Gasteiger partial charge in [-0.25, -0.2) is 18.7 Å². The summed E-state index contributed by atoms with van der Waals surface area (Å²) in [4.78, 5) is 83.9. The molecule has 62 heavy (non-hydrogen) atoms. The lowest BCUT2D eigenvalue weighted by Gasteiger charge is -2.34. The number of carboxylic acids is 1. The van der Waals surface area contributed by atoms with Gasteiger partial charge in [-0.3, -0.25) is 37.9 Å². The summed E-state index contributed by atoms with van der Waals surface area (Å²) >= 11 is 11.7. The largest absolute Gasteiger partial charge is 0.480 e. The number of amides is 3. The summed E-state index contributed by atoms with van der Waals surface area (Å²) < 4.78 is 26.7. The second kappa shape index (κ2) is 21.5. The third-order valence-electron chi connectivity index (χ3n) is 9.43. The number of alkyl halides is 2. The van der Waals surface area contributed by atoms with Crippen LogP contribution in [0.3, 0.4) is 0 Å². The third-order valence-corrected chi connectivity index (χ3v) is 9.93. The van der Waals surface area contributed by atoms with Crippen LogP contribution in [0.4, 0.5) is 8.78 Å². The predicted octanol–water partition coefficient (Wildman–Crippen LogP) is 4.57. The molecule has 4 N–H and O–H groups in total. The van der Waals surface area contributed by atoms with Crippen LogP contribution in [0.25, 0.3) is 22.1 Å². The second-order valence-electron chi connectivity index (χ2n) is 13.9. The topological polar surface area (TPSA) is 198 Å². The number of aliphatic carboxylic acids is 1. The van der Waals surface area contributed by atoms with Crippen molar-refractivity contribution in [2.75, 3.05) is 26.2 Å².